The van der Waals surface area contributed by atoms with Crippen LogP contribution >= 0.6 is 0 Å². The predicted octanol–water partition coefficient (Wildman–Crippen LogP) is 0.505. The molecular formula is C11H15NO5. The van der Waals surface area contributed by atoms with E-state index in [1.54, 1.807) is 0 Å². The average Bonchev–Trinajstić information content (AvgIpc) is 2.24. The Labute approximate surface area is 98.8 Å². The number of carboxylic acids is 2. The van der Waals surface area contributed by atoms with Crippen LogP contribution < -0.4 is 0 Å². The summed E-state index contributed by atoms with van der Waals surface area (Å²) in [4.78, 5) is 34.0. The maximum atomic E-state index is 11.6. The summed E-state index contributed by atoms with van der Waals surface area (Å²) in [5, 5.41) is 17.6. The fourth-order valence-electron chi connectivity index (χ4n) is 1.23. The van der Waals surface area contributed by atoms with Crippen molar-refractivity contribution < 1.29 is 24.6 Å². The highest BCUT2D eigenvalue weighted by molar-refractivity contribution is 6.00. The summed E-state index contributed by atoms with van der Waals surface area (Å²) >= 11 is 0. The lowest BCUT2D eigenvalue weighted by Gasteiger charge is -2.24. The third-order valence-corrected chi connectivity index (χ3v) is 1.99. The Hall–Kier alpha value is -2.11. The fourth-order valence-corrected chi connectivity index (χ4v) is 1.23. The second-order valence-corrected chi connectivity index (χ2v) is 3.24. The van der Waals surface area contributed by atoms with Gasteiger partial charge in [-0.15, -0.1) is 13.2 Å². The van der Waals surface area contributed by atoms with E-state index in [1.807, 2.05) is 0 Å². The molecule has 6 nitrogen and oxygen atoms in total. The molecular weight excluding hydrogens is 226 g/mol. The molecule has 0 rings (SSSR count). The van der Waals surface area contributed by atoms with Gasteiger partial charge in [0.1, 0.15) is 0 Å². The number of hydrogen-bond donors (Lipinski definition) is 2. The van der Waals surface area contributed by atoms with Gasteiger partial charge in [0.15, 0.2) is 0 Å². The number of aliphatic carboxylic acids is 2. The van der Waals surface area contributed by atoms with Gasteiger partial charge in [-0.1, -0.05) is 12.2 Å². The van der Waals surface area contributed by atoms with Gasteiger partial charge in [0.05, 0.1) is 0 Å². The topological polar surface area (TPSA) is 94.9 Å². The molecule has 0 atom stereocenters. The van der Waals surface area contributed by atoms with Crippen LogP contribution in [0, 0.1) is 0 Å². The molecule has 94 valence electrons. The molecule has 0 radical (unpaired) electrons. The predicted molar refractivity (Wildman–Crippen MR) is 60.4 cm³/mol. The van der Waals surface area contributed by atoms with E-state index < -0.39 is 23.9 Å². The van der Waals surface area contributed by atoms with Gasteiger partial charge in [-0.3, -0.25) is 4.79 Å². The van der Waals surface area contributed by atoms with E-state index in [-0.39, 0.29) is 13.0 Å². The highest BCUT2D eigenvalue weighted by Crippen LogP contribution is 2.06. The van der Waals surface area contributed by atoms with E-state index in [2.05, 4.69) is 13.2 Å². The van der Waals surface area contributed by atoms with Crippen molar-refractivity contribution >= 4 is 17.8 Å². The van der Waals surface area contributed by atoms with Crippen LogP contribution in [-0.4, -0.2) is 45.5 Å². The van der Waals surface area contributed by atoms with Gasteiger partial charge in [0.25, 0.3) is 0 Å². The molecule has 0 heterocycles. The first-order valence-corrected chi connectivity index (χ1v) is 4.92. The second-order valence-electron chi connectivity index (χ2n) is 3.24. The molecule has 2 N–H and O–H groups in total. The summed E-state index contributed by atoms with van der Waals surface area (Å²) in [6, 6.07) is -1.88. The molecule has 0 fully saturated rings. The molecule has 1 amide bonds. The summed E-state index contributed by atoms with van der Waals surface area (Å²) < 4.78 is 0. The smallest absolute Gasteiger partial charge is 0.338 e. The maximum absolute atomic E-state index is 11.6. The molecule has 0 aliphatic carbocycles. The van der Waals surface area contributed by atoms with E-state index in [0.29, 0.717) is 6.42 Å². The summed E-state index contributed by atoms with van der Waals surface area (Å²) in [5.41, 5.74) is 0. The molecule has 6 heteroatoms. The van der Waals surface area contributed by atoms with Crippen LogP contribution in [0.1, 0.15) is 12.8 Å². The molecule has 0 aromatic heterocycles. The third-order valence-electron chi connectivity index (χ3n) is 1.99. The Morgan fingerprint density at radius 3 is 2.00 bits per heavy atom. The number of carbonyl (C=O) groups excluding carboxylic acids is 1. The van der Waals surface area contributed by atoms with Crippen molar-refractivity contribution in [3.05, 3.63) is 25.3 Å². The summed E-state index contributed by atoms with van der Waals surface area (Å²) in [6.45, 7) is 6.67. The number of hydrogen-bond acceptors (Lipinski definition) is 3. The molecule has 0 aromatic carbocycles. The Morgan fingerprint density at radius 2 is 1.65 bits per heavy atom. The lowest BCUT2D eigenvalue weighted by Crippen LogP contribution is -2.49. The average molecular weight is 241 g/mol. The van der Waals surface area contributed by atoms with E-state index in [0.717, 1.165) is 4.90 Å². The standard InChI is InChI=1S/C11H15NO5/c1-3-5-6-8(13)12(7-4-2)9(10(14)15)11(16)17/h3-4,9H,1-2,5-7H2,(H,14,15)(H,16,17). The molecule has 0 spiro atoms. The lowest BCUT2D eigenvalue weighted by molar-refractivity contribution is -0.161. The highest BCUT2D eigenvalue weighted by Gasteiger charge is 2.34. The number of allylic oxidation sites excluding steroid dienone is 1. The van der Waals surface area contributed by atoms with Crippen molar-refractivity contribution in [1.29, 1.82) is 0 Å². The Bertz CT molecular complexity index is 323. The van der Waals surface area contributed by atoms with E-state index >= 15 is 0 Å². The third kappa shape index (κ3) is 4.50. The van der Waals surface area contributed by atoms with Crippen molar-refractivity contribution in [3.63, 3.8) is 0 Å². The summed E-state index contributed by atoms with van der Waals surface area (Å²) in [5.74, 6) is -3.71. The quantitative estimate of drug-likeness (QED) is 0.476. The van der Waals surface area contributed by atoms with Crippen molar-refractivity contribution in [1.82, 2.24) is 4.90 Å². The van der Waals surface area contributed by atoms with Crippen LogP contribution in [0.5, 0.6) is 0 Å². The first kappa shape index (κ1) is 14.9. The number of nitrogens with zero attached hydrogens (tertiary/aromatic N) is 1. The Kier molecular flexibility index (Phi) is 6.32. The fraction of sp³-hybridized carbons (Fsp3) is 0.364. The monoisotopic (exact) mass is 241 g/mol. The van der Waals surface area contributed by atoms with Crippen molar-refractivity contribution in [2.24, 2.45) is 0 Å². The van der Waals surface area contributed by atoms with Gasteiger partial charge >= 0.3 is 11.9 Å². The Balaban J connectivity index is 4.96. The summed E-state index contributed by atoms with van der Waals surface area (Å²) in [7, 11) is 0. The zero-order valence-electron chi connectivity index (χ0n) is 9.33. The number of amides is 1. The van der Waals surface area contributed by atoms with Crippen LogP contribution in [0.25, 0.3) is 0 Å². The molecule has 0 aliphatic rings. The first-order chi connectivity index (χ1) is 7.95. The first-order valence-electron chi connectivity index (χ1n) is 4.92. The number of rotatable bonds is 8. The maximum Gasteiger partial charge on any atom is 0.338 e. The highest BCUT2D eigenvalue weighted by atomic mass is 16.4. The zero-order valence-corrected chi connectivity index (χ0v) is 9.33. The Morgan fingerprint density at radius 1 is 1.12 bits per heavy atom. The van der Waals surface area contributed by atoms with Gasteiger partial charge in [0.2, 0.25) is 11.9 Å². The molecule has 0 aromatic rings. The molecule has 0 saturated carbocycles. The van der Waals surface area contributed by atoms with E-state index in [9.17, 15) is 14.4 Å². The molecule has 0 aliphatic heterocycles. The number of carboxylic acid groups (broad SMARTS) is 2. The van der Waals surface area contributed by atoms with Crippen molar-refractivity contribution in [2.75, 3.05) is 6.54 Å². The van der Waals surface area contributed by atoms with Gasteiger partial charge < -0.3 is 15.1 Å². The van der Waals surface area contributed by atoms with E-state index in [4.69, 9.17) is 10.2 Å². The van der Waals surface area contributed by atoms with Gasteiger partial charge in [-0.25, -0.2) is 9.59 Å². The molecule has 0 saturated heterocycles. The van der Waals surface area contributed by atoms with Gasteiger partial charge in [-0.2, -0.15) is 0 Å². The SMILES string of the molecule is C=CCCC(=O)N(CC=C)C(C(=O)O)C(=O)O. The largest absolute Gasteiger partial charge is 0.479 e. The van der Waals surface area contributed by atoms with E-state index in [1.165, 1.54) is 12.2 Å². The van der Waals surface area contributed by atoms with Crippen LogP contribution in [0.15, 0.2) is 25.3 Å². The van der Waals surface area contributed by atoms with Crippen LogP contribution in [0.3, 0.4) is 0 Å². The minimum absolute atomic E-state index is 0.0222. The molecule has 0 unspecified atom stereocenters. The lowest BCUT2D eigenvalue weighted by atomic mass is 10.2. The zero-order chi connectivity index (χ0) is 13.4. The second kappa shape index (κ2) is 7.21. The normalized spacial score (nSPS) is 9.71. The van der Waals surface area contributed by atoms with Crippen LogP contribution in [0.4, 0.5) is 0 Å². The molecule has 17 heavy (non-hydrogen) atoms. The van der Waals surface area contributed by atoms with Crippen LogP contribution in [-0.2, 0) is 14.4 Å². The molecule has 0 bridgehead atoms. The minimum Gasteiger partial charge on any atom is -0.479 e. The van der Waals surface area contributed by atoms with Crippen molar-refractivity contribution in [3.8, 4) is 0 Å². The van der Waals surface area contributed by atoms with Crippen LogP contribution in [0.2, 0.25) is 0 Å². The van der Waals surface area contributed by atoms with Gasteiger partial charge in [0, 0.05) is 13.0 Å². The minimum atomic E-state index is -1.88. The number of carbonyl (C=O) groups is 3. The summed E-state index contributed by atoms with van der Waals surface area (Å²) in [6.07, 6.45) is 3.16. The van der Waals surface area contributed by atoms with Gasteiger partial charge in [-0.05, 0) is 6.42 Å². The van der Waals surface area contributed by atoms with Crippen molar-refractivity contribution in [2.45, 2.75) is 18.9 Å².